The first-order chi connectivity index (χ1) is 46.5. The van der Waals surface area contributed by atoms with Crippen LogP contribution in [-0.2, 0) is 48.0 Å². The fourth-order valence-electron chi connectivity index (χ4n) is 11.3. The van der Waals surface area contributed by atoms with Gasteiger partial charge in [-0.2, -0.15) is 35.3 Å². The number of hydrogen-bond acceptors (Lipinski definition) is 22. The van der Waals surface area contributed by atoms with Crippen molar-refractivity contribution in [2.45, 2.75) is 247 Å². The number of hydrogen-bond donors (Lipinski definition) is 9. The van der Waals surface area contributed by atoms with Crippen LogP contribution in [0.15, 0.2) is 0 Å². The minimum atomic E-state index is -0.603. The average Bonchev–Trinajstić information content (AvgIpc) is 1.70. The average molecular weight is 1510 g/mol. The molecule has 7 fully saturated rings. The number of amides is 10. The third kappa shape index (κ3) is 36.4. The normalized spacial score (nSPS) is 23.3. The molecular formula is C65H112N10O12S9. The first-order valence-corrected chi connectivity index (χ1v) is 45.7. The Morgan fingerprint density at radius 1 is 0.479 bits per heavy atom. The zero-order valence-corrected chi connectivity index (χ0v) is 64.5. The van der Waals surface area contributed by atoms with Crippen molar-refractivity contribution in [3.05, 3.63) is 0 Å². The summed E-state index contributed by atoms with van der Waals surface area (Å²) < 4.78 is 0. The number of nitrogens with zero attached hydrogens (tertiary/aromatic N) is 1. The van der Waals surface area contributed by atoms with Crippen LogP contribution in [0.3, 0.4) is 0 Å². The minimum Gasteiger partial charge on any atom is -0.356 e. The first kappa shape index (κ1) is 85.9. The summed E-state index contributed by atoms with van der Waals surface area (Å²) in [5.74, 6) is 7.53. The van der Waals surface area contributed by atoms with Gasteiger partial charge in [-0.1, -0.05) is 131 Å². The van der Waals surface area contributed by atoms with Gasteiger partial charge in [-0.15, -0.1) is 5.06 Å². The van der Waals surface area contributed by atoms with Crippen molar-refractivity contribution < 1.29 is 57.6 Å². The summed E-state index contributed by atoms with van der Waals surface area (Å²) in [5.41, 5.74) is 5.14. The van der Waals surface area contributed by atoms with E-state index in [0.29, 0.717) is 114 Å². The van der Waals surface area contributed by atoms with Crippen molar-refractivity contribution in [3.8, 4) is 0 Å². The van der Waals surface area contributed by atoms with Gasteiger partial charge in [0, 0.05) is 151 Å². The topological polar surface area (TPSA) is 322 Å². The van der Waals surface area contributed by atoms with Crippen LogP contribution in [-0.4, -0.2) is 194 Å². The first-order valence-electron chi connectivity index (χ1n) is 35.1. The molecule has 7 heterocycles. The van der Waals surface area contributed by atoms with Crippen LogP contribution < -0.4 is 48.3 Å². The van der Waals surface area contributed by atoms with Gasteiger partial charge in [-0.3, -0.25) is 38.4 Å². The monoisotopic (exact) mass is 1510 g/mol. The third-order valence-electron chi connectivity index (χ3n) is 16.7. The van der Waals surface area contributed by atoms with Gasteiger partial charge < -0.3 is 53.1 Å². The summed E-state index contributed by atoms with van der Waals surface area (Å²) in [6, 6.07) is 1.34. The van der Waals surface area contributed by atoms with Gasteiger partial charge in [-0.25, -0.2) is 14.4 Å². The van der Waals surface area contributed by atoms with E-state index in [4.69, 9.17) is 10.6 Å². The molecule has 0 aromatic heterocycles. The summed E-state index contributed by atoms with van der Waals surface area (Å²) in [5, 5.41) is 25.8. The molecule has 22 nitrogen and oxygen atoms in total. The van der Waals surface area contributed by atoms with E-state index >= 15 is 0 Å². The van der Waals surface area contributed by atoms with E-state index in [1.54, 1.807) is 60.9 Å². The van der Waals surface area contributed by atoms with Crippen molar-refractivity contribution in [2.24, 2.45) is 17.6 Å². The zero-order chi connectivity index (χ0) is 69.7. The van der Waals surface area contributed by atoms with Crippen LogP contribution >= 0.6 is 100 Å². The molecule has 7 saturated heterocycles. The maximum Gasteiger partial charge on any atom is 0.334 e. The Bertz CT molecular complexity index is 2290. The number of carbonyl (C=O) groups is 11. The molecule has 10 amide bonds. The van der Waals surface area contributed by atoms with Crippen molar-refractivity contribution in [2.75, 3.05) is 78.0 Å². The molecule has 0 spiro atoms. The van der Waals surface area contributed by atoms with E-state index in [1.807, 2.05) is 35.3 Å². The second-order valence-corrected chi connectivity index (χ2v) is 36.8. The lowest BCUT2D eigenvalue weighted by molar-refractivity contribution is -0.197. The lowest BCUT2D eigenvalue weighted by atomic mass is 9.97. The number of Topliss-reactive ketones (excluding diaryl/α,β-unsaturated/α-hetero) is 2. The Labute approximate surface area is 608 Å². The van der Waals surface area contributed by atoms with E-state index in [1.165, 1.54) is 23.6 Å². The van der Waals surface area contributed by atoms with Gasteiger partial charge >= 0.3 is 18.0 Å². The second-order valence-electron chi connectivity index (χ2n) is 24.9. The molecule has 7 aliphatic heterocycles. The number of hydroxylamine groups is 2. The Kier molecular flexibility index (Phi) is 46.9. The van der Waals surface area contributed by atoms with Gasteiger partial charge in [0.1, 0.15) is 11.6 Å². The van der Waals surface area contributed by atoms with E-state index < -0.39 is 23.7 Å². The highest BCUT2D eigenvalue weighted by atomic mass is 33.1. The molecule has 0 bridgehead atoms. The lowest BCUT2D eigenvalue weighted by Gasteiger charge is -2.17. The predicted octanol–water partition coefficient (Wildman–Crippen LogP) is 10.2. The minimum absolute atomic E-state index is 0.0354. The highest BCUT2D eigenvalue weighted by Crippen LogP contribution is 2.40. The lowest BCUT2D eigenvalue weighted by Crippen LogP contribution is -2.36. The SMILES string of the molecule is CC1CC(=O)N(OC(=O)CCSSCCNC(=O)CCCCC2SCC3CC(=O)NC32)C1=O.CCCCN.CCCCNC(=O)CCSSCCCC(=O)CCCCC1SCC2NC(=O)NC21.CCCCNC(=O)CCSSCCCC(=O)CCCCC1SCC2NC(=O)NC21. The van der Waals surface area contributed by atoms with E-state index in [0.717, 1.165) is 156 Å². The molecule has 10 N–H and O–H groups in total. The molecule has 7 aliphatic rings. The van der Waals surface area contributed by atoms with Gasteiger partial charge in [0.25, 0.3) is 11.8 Å². The van der Waals surface area contributed by atoms with Crippen molar-refractivity contribution in [3.63, 3.8) is 0 Å². The Balaban J connectivity index is 0.000000296. The van der Waals surface area contributed by atoms with Crippen LogP contribution in [0, 0.1) is 11.8 Å². The summed E-state index contributed by atoms with van der Waals surface area (Å²) in [6.07, 6.45) is 22.6. The third-order valence-corrected chi connectivity index (χ3v) is 28.7. The molecule has 0 saturated carbocycles. The molecular weight excluding hydrogens is 1400 g/mol. The van der Waals surface area contributed by atoms with Crippen LogP contribution in [0.4, 0.5) is 9.59 Å². The number of urea groups is 2. The molecule has 10 atom stereocenters. The standard InChI is InChI=1S/C21H31N3O6S3.2C20H35N3O3S3.C4H11N/c1-13-10-18(27)24(21(13)29)30-19(28)6-8-32-33-9-7-22-16(25)5-3-2-4-15-20-14(12-31-15)11-17(26)23-20;2*1-2-3-11-21-18(25)10-13-29-28-12-6-8-15(24)7-4-5-9-17-19-16(14-27-17)22-20(26)23-19;1-2-3-4-5/h13-15,20H,2-12H2,1H3,(H,22,25)(H,23,26);2*16-17,19H,2-14H2,1H3,(H,21,25)(H2,22,23,26);2-5H2,1H3. The molecule has 31 heteroatoms. The molecule has 0 aromatic rings. The molecule has 0 radical (unpaired) electrons. The number of rotatable bonds is 47. The number of thioether (sulfide) groups is 3. The fourth-order valence-corrected chi connectivity index (χ4v) is 22.1. The number of ketones is 2. The number of carbonyl (C=O) groups excluding carboxylic acids is 11. The largest absolute Gasteiger partial charge is 0.356 e. The maximum absolute atomic E-state index is 12.0. The van der Waals surface area contributed by atoms with E-state index in [-0.39, 0.29) is 72.7 Å². The summed E-state index contributed by atoms with van der Waals surface area (Å²) in [6.45, 7) is 11.0. The smallest absolute Gasteiger partial charge is 0.334 e. The Morgan fingerprint density at radius 2 is 0.917 bits per heavy atom. The van der Waals surface area contributed by atoms with Gasteiger partial charge in [0.05, 0.1) is 30.6 Å². The van der Waals surface area contributed by atoms with Crippen molar-refractivity contribution >= 4 is 165 Å². The van der Waals surface area contributed by atoms with Gasteiger partial charge in [0.2, 0.25) is 23.6 Å². The van der Waals surface area contributed by atoms with Crippen LogP contribution in [0.1, 0.15) is 201 Å². The summed E-state index contributed by atoms with van der Waals surface area (Å²) in [7, 11) is 9.99. The molecule has 10 unspecified atom stereocenters. The molecule has 7 rings (SSSR count). The summed E-state index contributed by atoms with van der Waals surface area (Å²) in [4.78, 5) is 133. The van der Waals surface area contributed by atoms with Crippen LogP contribution in [0.2, 0.25) is 0 Å². The number of nitrogens with two attached hydrogens (primary N) is 1. The number of nitrogens with one attached hydrogen (secondary N) is 8. The van der Waals surface area contributed by atoms with Crippen LogP contribution in [0.5, 0.6) is 0 Å². The van der Waals surface area contributed by atoms with Gasteiger partial charge in [0.15, 0.2) is 0 Å². The quantitative estimate of drug-likeness (QED) is 0.0118. The predicted molar refractivity (Wildman–Crippen MR) is 404 cm³/mol. The maximum atomic E-state index is 12.0. The molecule has 96 heavy (non-hydrogen) atoms. The Hall–Kier alpha value is -2.52. The number of unbranched alkanes of at least 4 members (excludes halogenated alkanes) is 6. The highest BCUT2D eigenvalue weighted by Gasteiger charge is 2.45. The van der Waals surface area contributed by atoms with Crippen molar-refractivity contribution in [1.82, 2.24) is 47.6 Å². The number of imide groups is 1. The van der Waals surface area contributed by atoms with Gasteiger partial charge in [-0.05, 0) is 88.8 Å². The van der Waals surface area contributed by atoms with Crippen molar-refractivity contribution in [1.29, 1.82) is 0 Å². The second kappa shape index (κ2) is 52.4. The van der Waals surface area contributed by atoms with Crippen LogP contribution in [0.25, 0.3) is 0 Å². The number of fused-ring (bicyclic) bond motifs is 3. The molecule has 0 aromatic carbocycles. The molecule has 0 aliphatic carbocycles. The molecule has 548 valence electrons. The summed E-state index contributed by atoms with van der Waals surface area (Å²) >= 11 is 5.81. The zero-order valence-electron chi connectivity index (χ0n) is 57.2. The Morgan fingerprint density at radius 3 is 1.40 bits per heavy atom. The fraction of sp³-hybridized carbons (Fsp3) is 0.831. The van der Waals surface area contributed by atoms with E-state index in [9.17, 15) is 52.7 Å². The van der Waals surface area contributed by atoms with E-state index in [2.05, 4.69) is 63.3 Å². The highest BCUT2D eigenvalue weighted by molar-refractivity contribution is 8.77.